The minimum atomic E-state index is -0.847. The lowest BCUT2D eigenvalue weighted by Crippen LogP contribution is -2.64. The van der Waals surface area contributed by atoms with Crippen LogP contribution < -0.4 is 10.9 Å². The van der Waals surface area contributed by atoms with Crippen LogP contribution in [-0.4, -0.2) is 52.5 Å². The Hall–Kier alpha value is -2.15. The maximum atomic E-state index is 13.7. The van der Waals surface area contributed by atoms with Gasteiger partial charge in [0.25, 0.3) is 5.91 Å². The summed E-state index contributed by atoms with van der Waals surface area (Å²) < 4.78 is 5.85. The van der Waals surface area contributed by atoms with Gasteiger partial charge in [0, 0.05) is 31.5 Å². The summed E-state index contributed by atoms with van der Waals surface area (Å²) in [5.74, 6) is -0.213. The molecule has 0 bridgehead atoms. The molecule has 30 heavy (non-hydrogen) atoms. The maximum absolute atomic E-state index is 13.7. The van der Waals surface area contributed by atoms with Crippen LogP contribution in [0.5, 0.6) is 0 Å². The first kappa shape index (κ1) is 21.1. The molecule has 1 unspecified atom stereocenters. The second-order valence-electron chi connectivity index (χ2n) is 9.04. The van der Waals surface area contributed by atoms with E-state index < -0.39 is 5.54 Å². The first-order valence-electron chi connectivity index (χ1n) is 11.5. The summed E-state index contributed by atoms with van der Waals surface area (Å²) in [6.07, 6.45) is 11.9. The topological polar surface area (TPSA) is 91.5 Å². The van der Waals surface area contributed by atoms with Crippen LogP contribution in [-0.2, 0) is 9.53 Å². The van der Waals surface area contributed by atoms with Crippen molar-refractivity contribution in [3.63, 3.8) is 0 Å². The first-order chi connectivity index (χ1) is 14.6. The first-order valence-corrected chi connectivity index (χ1v) is 11.5. The van der Waals surface area contributed by atoms with Crippen molar-refractivity contribution in [2.24, 2.45) is 0 Å². The molecule has 2 heterocycles. The second kappa shape index (κ2) is 9.33. The van der Waals surface area contributed by atoms with Crippen LogP contribution in [0.1, 0.15) is 81.0 Å². The molecule has 1 atom stereocenters. The van der Waals surface area contributed by atoms with Gasteiger partial charge in [-0.05, 0) is 44.6 Å². The van der Waals surface area contributed by atoms with E-state index in [-0.39, 0.29) is 29.5 Å². The van der Waals surface area contributed by atoms with Gasteiger partial charge in [-0.1, -0.05) is 32.1 Å². The fourth-order valence-electron chi connectivity index (χ4n) is 5.29. The van der Waals surface area contributed by atoms with Gasteiger partial charge < -0.3 is 19.9 Å². The van der Waals surface area contributed by atoms with Crippen LogP contribution in [0.4, 0.5) is 0 Å². The molecule has 2 amide bonds. The van der Waals surface area contributed by atoms with Gasteiger partial charge in [0.05, 0.1) is 11.7 Å². The van der Waals surface area contributed by atoms with Gasteiger partial charge in [0.2, 0.25) is 11.5 Å². The molecule has 2 saturated carbocycles. The number of carbonyl (C=O) groups is 2. The standard InChI is InChI=1S/C23H33N3O4/c27-20-11-10-17(15-24-20)21(28)26(16-19-9-6-14-30-19)23(12-4-1-5-13-23)22(29)25-18-7-2-3-8-18/h10-11,15,18-19H,1-9,12-14,16H2,(H,24,27)(H,25,29). The van der Waals surface area contributed by atoms with Crippen LogP contribution >= 0.6 is 0 Å². The van der Waals surface area contributed by atoms with Crippen molar-refractivity contribution in [2.75, 3.05) is 13.2 Å². The van der Waals surface area contributed by atoms with Gasteiger partial charge in [-0.25, -0.2) is 0 Å². The minimum Gasteiger partial charge on any atom is -0.376 e. The molecule has 0 spiro atoms. The Bertz CT molecular complexity index is 782. The zero-order chi connectivity index (χ0) is 21.0. The lowest BCUT2D eigenvalue weighted by molar-refractivity contribution is -0.136. The zero-order valence-corrected chi connectivity index (χ0v) is 17.7. The number of H-pyrrole nitrogens is 1. The summed E-state index contributed by atoms with van der Waals surface area (Å²) >= 11 is 0. The van der Waals surface area contributed by atoms with Gasteiger partial charge in [0.1, 0.15) is 5.54 Å². The van der Waals surface area contributed by atoms with Crippen LogP contribution in [0.3, 0.4) is 0 Å². The lowest BCUT2D eigenvalue weighted by atomic mass is 9.78. The fourth-order valence-corrected chi connectivity index (χ4v) is 5.29. The molecule has 2 N–H and O–H groups in total. The number of amides is 2. The smallest absolute Gasteiger partial charge is 0.256 e. The number of hydrogen-bond donors (Lipinski definition) is 2. The monoisotopic (exact) mass is 415 g/mol. The molecule has 1 aliphatic heterocycles. The summed E-state index contributed by atoms with van der Waals surface area (Å²) in [5.41, 5.74) is -0.685. The highest BCUT2D eigenvalue weighted by Gasteiger charge is 2.48. The van der Waals surface area contributed by atoms with Crippen molar-refractivity contribution >= 4 is 11.8 Å². The van der Waals surface area contributed by atoms with E-state index in [0.29, 0.717) is 31.6 Å². The van der Waals surface area contributed by atoms with Gasteiger partial charge in [-0.3, -0.25) is 14.4 Å². The quantitative estimate of drug-likeness (QED) is 0.747. The van der Waals surface area contributed by atoms with E-state index in [1.807, 2.05) is 0 Å². The SMILES string of the molecule is O=C(c1ccc(=O)[nH]c1)N(CC1CCCO1)C1(C(=O)NC2CCCC2)CCCCC1. The molecule has 0 aromatic carbocycles. The second-order valence-corrected chi connectivity index (χ2v) is 9.04. The third-order valence-electron chi connectivity index (χ3n) is 7.00. The van der Waals surface area contributed by atoms with Crippen LogP contribution in [0.25, 0.3) is 0 Å². The maximum Gasteiger partial charge on any atom is 0.256 e. The summed E-state index contributed by atoms with van der Waals surface area (Å²) in [5, 5.41) is 3.28. The predicted octanol–water partition coefficient (Wildman–Crippen LogP) is 2.76. The normalized spacial score (nSPS) is 23.9. The van der Waals surface area contributed by atoms with Crippen LogP contribution in [0.2, 0.25) is 0 Å². The molecule has 7 nitrogen and oxygen atoms in total. The molecule has 1 saturated heterocycles. The Balaban J connectivity index is 1.66. The van der Waals surface area contributed by atoms with Crippen molar-refractivity contribution < 1.29 is 14.3 Å². The molecule has 7 heteroatoms. The van der Waals surface area contributed by atoms with Crippen molar-refractivity contribution in [1.82, 2.24) is 15.2 Å². The Morgan fingerprint density at radius 1 is 1.07 bits per heavy atom. The van der Waals surface area contributed by atoms with E-state index in [0.717, 1.165) is 57.8 Å². The van der Waals surface area contributed by atoms with Crippen molar-refractivity contribution in [3.8, 4) is 0 Å². The summed E-state index contributed by atoms with van der Waals surface area (Å²) in [6.45, 7) is 1.11. The molecule has 0 radical (unpaired) electrons. The number of rotatable bonds is 6. The highest BCUT2D eigenvalue weighted by atomic mass is 16.5. The van der Waals surface area contributed by atoms with E-state index in [4.69, 9.17) is 4.74 Å². The molecular formula is C23H33N3O4. The predicted molar refractivity (Wildman–Crippen MR) is 113 cm³/mol. The number of nitrogens with zero attached hydrogens (tertiary/aromatic N) is 1. The van der Waals surface area contributed by atoms with Crippen molar-refractivity contribution in [1.29, 1.82) is 0 Å². The van der Waals surface area contributed by atoms with Crippen LogP contribution in [0, 0.1) is 0 Å². The highest BCUT2D eigenvalue weighted by Crippen LogP contribution is 2.36. The Labute approximate surface area is 177 Å². The summed E-state index contributed by atoms with van der Waals surface area (Å²) in [6, 6.07) is 3.13. The highest BCUT2D eigenvalue weighted by molar-refractivity contribution is 5.99. The summed E-state index contributed by atoms with van der Waals surface area (Å²) in [4.78, 5) is 43.2. The van der Waals surface area contributed by atoms with E-state index in [1.54, 1.807) is 11.0 Å². The number of ether oxygens (including phenoxy) is 1. The Kier molecular flexibility index (Phi) is 6.56. The lowest BCUT2D eigenvalue weighted by Gasteiger charge is -2.46. The van der Waals surface area contributed by atoms with E-state index in [1.165, 1.54) is 12.3 Å². The van der Waals surface area contributed by atoms with E-state index in [2.05, 4.69) is 10.3 Å². The van der Waals surface area contributed by atoms with Crippen LogP contribution in [0.15, 0.2) is 23.1 Å². The fraction of sp³-hybridized carbons (Fsp3) is 0.696. The summed E-state index contributed by atoms with van der Waals surface area (Å²) in [7, 11) is 0. The zero-order valence-electron chi connectivity index (χ0n) is 17.7. The van der Waals surface area contributed by atoms with Crippen molar-refractivity contribution in [2.45, 2.75) is 88.3 Å². The number of aromatic amines is 1. The third-order valence-corrected chi connectivity index (χ3v) is 7.00. The van der Waals surface area contributed by atoms with Gasteiger partial charge in [-0.2, -0.15) is 0 Å². The number of carbonyl (C=O) groups excluding carboxylic acids is 2. The Morgan fingerprint density at radius 3 is 2.47 bits per heavy atom. The Morgan fingerprint density at radius 2 is 1.83 bits per heavy atom. The molecule has 164 valence electrons. The average molecular weight is 416 g/mol. The number of pyridine rings is 1. The number of nitrogens with one attached hydrogen (secondary N) is 2. The molecule has 3 fully saturated rings. The van der Waals surface area contributed by atoms with Gasteiger partial charge in [0.15, 0.2) is 0 Å². The van der Waals surface area contributed by atoms with Gasteiger partial charge >= 0.3 is 0 Å². The third kappa shape index (κ3) is 4.46. The molecule has 2 aliphatic carbocycles. The van der Waals surface area contributed by atoms with E-state index in [9.17, 15) is 14.4 Å². The van der Waals surface area contributed by atoms with Gasteiger partial charge in [-0.15, -0.1) is 0 Å². The molecular weight excluding hydrogens is 382 g/mol. The van der Waals surface area contributed by atoms with E-state index >= 15 is 0 Å². The molecule has 1 aromatic heterocycles. The largest absolute Gasteiger partial charge is 0.376 e. The average Bonchev–Trinajstić information content (AvgIpc) is 3.47. The molecule has 3 aliphatic rings. The number of aromatic nitrogens is 1. The van der Waals surface area contributed by atoms with Crippen molar-refractivity contribution in [3.05, 3.63) is 34.2 Å². The minimum absolute atomic E-state index is 0.00938. The molecule has 4 rings (SSSR count). The number of hydrogen-bond acceptors (Lipinski definition) is 4. The molecule has 1 aromatic rings.